The van der Waals surface area contributed by atoms with Gasteiger partial charge in [0.05, 0.1) is 7.11 Å². The molecule has 0 atom stereocenters. The van der Waals surface area contributed by atoms with Gasteiger partial charge in [-0.05, 0) is 54.4 Å². The average molecular weight is 372 g/mol. The molecule has 4 rings (SSSR count). The molecule has 6 nitrogen and oxygen atoms in total. The molecule has 28 heavy (non-hydrogen) atoms. The van der Waals surface area contributed by atoms with Gasteiger partial charge in [-0.3, -0.25) is 4.68 Å². The van der Waals surface area contributed by atoms with Crippen LogP contribution in [-0.4, -0.2) is 26.9 Å². The summed E-state index contributed by atoms with van der Waals surface area (Å²) in [5, 5.41) is 4.23. The minimum Gasteiger partial charge on any atom is -0.481 e. The number of nitrogens with zero attached hydrogens (tertiary/aromatic N) is 4. The Kier molecular flexibility index (Phi) is 5.29. The zero-order chi connectivity index (χ0) is 19.2. The zero-order valence-electron chi connectivity index (χ0n) is 15.5. The van der Waals surface area contributed by atoms with Crippen LogP contribution in [0.5, 0.6) is 17.5 Å². The molecule has 0 amide bonds. The molecule has 3 heterocycles. The highest BCUT2D eigenvalue weighted by molar-refractivity contribution is 5.73. The molecule has 0 bridgehead atoms. The number of rotatable bonds is 7. The van der Waals surface area contributed by atoms with Crippen molar-refractivity contribution in [1.82, 2.24) is 19.7 Å². The molecule has 0 aliphatic rings. The molecular weight excluding hydrogens is 352 g/mol. The van der Waals surface area contributed by atoms with Gasteiger partial charge in [-0.25, -0.2) is 9.97 Å². The van der Waals surface area contributed by atoms with Gasteiger partial charge in [-0.15, -0.1) is 0 Å². The lowest BCUT2D eigenvalue weighted by atomic mass is 10.1. The molecule has 0 unspecified atom stereocenters. The molecule has 3 aromatic heterocycles. The van der Waals surface area contributed by atoms with E-state index >= 15 is 0 Å². The highest BCUT2D eigenvalue weighted by atomic mass is 16.5. The average Bonchev–Trinajstić information content (AvgIpc) is 3.27. The van der Waals surface area contributed by atoms with Crippen LogP contribution >= 0.6 is 0 Å². The van der Waals surface area contributed by atoms with Gasteiger partial charge in [0.15, 0.2) is 0 Å². The predicted octanol–water partition coefficient (Wildman–Crippen LogP) is 4.38. The summed E-state index contributed by atoms with van der Waals surface area (Å²) < 4.78 is 13.4. The summed E-state index contributed by atoms with van der Waals surface area (Å²) in [6.45, 7) is 0.846. The molecule has 140 valence electrons. The number of aromatic nitrogens is 4. The van der Waals surface area contributed by atoms with Crippen molar-refractivity contribution >= 4 is 0 Å². The monoisotopic (exact) mass is 372 g/mol. The second-order valence-electron chi connectivity index (χ2n) is 6.18. The molecule has 0 saturated carbocycles. The van der Waals surface area contributed by atoms with Crippen LogP contribution < -0.4 is 9.47 Å². The van der Waals surface area contributed by atoms with Gasteiger partial charge in [-0.2, -0.15) is 5.10 Å². The van der Waals surface area contributed by atoms with Crippen molar-refractivity contribution in [2.45, 2.75) is 13.0 Å². The number of hydrogen-bond donors (Lipinski definition) is 0. The lowest BCUT2D eigenvalue weighted by Gasteiger charge is -2.12. The van der Waals surface area contributed by atoms with Crippen molar-refractivity contribution in [3.8, 4) is 28.6 Å². The molecule has 0 N–H and O–H groups in total. The first-order chi connectivity index (χ1) is 13.8. The van der Waals surface area contributed by atoms with Crippen LogP contribution in [-0.2, 0) is 13.0 Å². The van der Waals surface area contributed by atoms with Crippen molar-refractivity contribution < 1.29 is 9.47 Å². The third-order valence-corrected chi connectivity index (χ3v) is 4.35. The molecule has 4 aromatic rings. The van der Waals surface area contributed by atoms with Crippen LogP contribution in [0.4, 0.5) is 0 Å². The first-order valence-electron chi connectivity index (χ1n) is 9.02. The third kappa shape index (κ3) is 4.01. The summed E-state index contributed by atoms with van der Waals surface area (Å²) in [4.78, 5) is 8.66. The Morgan fingerprint density at radius 2 is 1.54 bits per heavy atom. The van der Waals surface area contributed by atoms with Gasteiger partial charge in [0.25, 0.3) is 0 Å². The maximum Gasteiger partial charge on any atom is 0.227 e. The van der Waals surface area contributed by atoms with E-state index in [0.29, 0.717) is 11.8 Å². The van der Waals surface area contributed by atoms with Crippen LogP contribution in [0.1, 0.15) is 5.56 Å². The van der Waals surface area contributed by atoms with Crippen molar-refractivity contribution in [2.75, 3.05) is 7.11 Å². The molecule has 0 aliphatic heterocycles. The van der Waals surface area contributed by atoms with E-state index in [0.717, 1.165) is 29.8 Å². The Labute approximate surface area is 163 Å². The van der Waals surface area contributed by atoms with Gasteiger partial charge in [0.2, 0.25) is 11.8 Å². The van der Waals surface area contributed by atoms with Crippen LogP contribution in [0.2, 0.25) is 0 Å². The Balaban J connectivity index is 1.52. The molecule has 1 aromatic carbocycles. The third-order valence-electron chi connectivity index (χ3n) is 4.35. The maximum atomic E-state index is 6.06. The van der Waals surface area contributed by atoms with E-state index in [1.807, 2.05) is 53.3 Å². The fourth-order valence-electron chi connectivity index (χ4n) is 2.95. The van der Waals surface area contributed by atoms with Crippen molar-refractivity contribution in [2.24, 2.45) is 0 Å². The van der Waals surface area contributed by atoms with E-state index in [9.17, 15) is 0 Å². The van der Waals surface area contributed by atoms with Crippen LogP contribution in [0, 0.1) is 0 Å². The van der Waals surface area contributed by atoms with E-state index < -0.39 is 0 Å². The number of benzene rings is 1. The Hall–Kier alpha value is -3.67. The van der Waals surface area contributed by atoms with Crippen molar-refractivity contribution in [1.29, 1.82) is 0 Å². The van der Waals surface area contributed by atoms with Gasteiger partial charge in [0, 0.05) is 42.5 Å². The number of ether oxygens (including phenoxy) is 2. The normalized spacial score (nSPS) is 10.6. The topological polar surface area (TPSA) is 62.1 Å². The van der Waals surface area contributed by atoms with E-state index in [2.05, 4.69) is 27.2 Å². The molecule has 0 saturated heterocycles. The standard InChI is InChI=1S/C22H20N4O2/c1-27-21-19(5-2-12-23-21)20-6-3-13-24-22(20)28-18-9-7-17(8-10-18)11-16-26-15-4-14-25-26/h2-10,12-15H,11,16H2,1H3. The fraction of sp³-hybridized carbons (Fsp3) is 0.136. The van der Waals surface area contributed by atoms with Crippen LogP contribution in [0.15, 0.2) is 79.4 Å². The summed E-state index contributed by atoms with van der Waals surface area (Å²) in [5.41, 5.74) is 2.89. The smallest absolute Gasteiger partial charge is 0.227 e. The zero-order valence-corrected chi connectivity index (χ0v) is 15.5. The highest BCUT2D eigenvalue weighted by Crippen LogP contribution is 2.35. The Morgan fingerprint density at radius 1 is 0.821 bits per heavy atom. The van der Waals surface area contributed by atoms with Crippen LogP contribution in [0.3, 0.4) is 0 Å². The predicted molar refractivity (Wildman–Crippen MR) is 106 cm³/mol. The van der Waals surface area contributed by atoms with Crippen molar-refractivity contribution in [3.05, 3.63) is 84.9 Å². The van der Waals surface area contributed by atoms with E-state index in [4.69, 9.17) is 9.47 Å². The summed E-state index contributed by atoms with van der Waals surface area (Å²) in [6, 6.07) is 17.6. The Bertz CT molecular complexity index is 1030. The molecular formula is C22H20N4O2. The maximum absolute atomic E-state index is 6.06. The largest absolute Gasteiger partial charge is 0.481 e. The Morgan fingerprint density at radius 3 is 2.21 bits per heavy atom. The highest BCUT2D eigenvalue weighted by Gasteiger charge is 2.13. The quantitative estimate of drug-likeness (QED) is 0.482. The van der Waals surface area contributed by atoms with Gasteiger partial charge < -0.3 is 9.47 Å². The second-order valence-corrected chi connectivity index (χ2v) is 6.18. The fourth-order valence-corrected chi connectivity index (χ4v) is 2.95. The van der Waals surface area contributed by atoms with Gasteiger partial charge in [0.1, 0.15) is 5.75 Å². The number of aryl methyl sites for hydroxylation is 2. The number of pyridine rings is 2. The summed E-state index contributed by atoms with van der Waals surface area (Å²) >= 11 is 0. The lowest BCUT2D eigenvalue weighted by molar-refractivity contribution is 0.399. The molecule has 0 spiro atoms. The SMILES string of the molecule is COc1ncccc1-c1cccnc1Oc1ccc(CCn2cccn2)cc1. The first-order valence-corrected chi connectivity index (χ1v) is 9.02. The summed E-state index contributed by atoms with van der Waals surface area (Å²) in [7, 11) is 1.60. The molecule has 0 fully saturated rings. The molecule has 0 aliphatic carbocycles. The molecule has 6 heteroatoms. The summed E-state index contributed by atoms with van der Waals surface area (Å²) in [5.74, 6) is 1.78. The summed E-state index contributed by atoms with van der Waals surface area (Å²) in [6.07, 6.45) is 8.07. The second kappa shape index (κ2) is 8.35. The molecule has 0 radical (unpaired) electrons. The number of methoxy groups -OCH3 is 1. The first kappa shape index (κ1) is 17.7. The van der Waals surface area contributed by atoms with E-state index in [1.54, 1.807) is 25.7 Å². The van der Waals surface area contributed by atoms with Crippen molar-refractivity contribution in [3.63, 3.8) is 0 Å². The van der Waals surface area contributed by atoms with Gasteiger partial charge in [-0.1, -0.05) is 12.1 Å². The van der Waals surface area contributed by atoms with Crippen LogP contribution in [0.25, 0.3) is 11.1 Å². The lowest BCUT2D eigenvalue weighted by Crippen LogP contribution is -2.01. The van der Waals surface area contributed by atoms with E-state index in [1.165, 1.54) is 5.56 Å². The van der Waals surface area contributed by atoms with Gasteiger partial charge >= 0.3 is 0 Å². The minimum atomic E-state index is 0.512. The minimum absolute atomic E-state index is 0.512. The number of hydrogen-bond acceptors (Lipinski definition) is 5. The van der Waals surface area contributed by atoms with E-state index in [-0.39, 0.29) is 0 Å².